The van der Waals surface area contributed by atoms with E-state index in [0.717, 1.165) is 32.9 Å². The van der Waals surface area contributed by atoms with E-state index in [-0.39, 0.29) is 0 Å². The van der Waals surface area contributed by atoms with E-state index in [4.69, 9.17) is 4.98 Å². The second-order valence-corrected chi connectivity index (χ2v) is 5.07. The Morgan fingerprint density at radius 3 is 2.33 bits per heavy atom. The summed E-state index contributed by atoms with van der Waals surface area (Å²) in [5.74, 6) is 0.301. The average Bonchev–Trinajstić information content (AvgIpc) is 2.55. The molecular formula is C19H13NO. The topological polar surface area (TPSA) is 33.1 Å². The van der Waals surface area contributed by atoms with Crippen LogP contribution in [0.5, 0.6) is 5.75 Å². The van der Waals surface area contributed by atoms with Gasteiger partial charge in [0, 0.05) is 16.3 Å². The molecule has 3 aromatic carbocycles. The first-order chi connectivity index (χ1) is 10.3. The molecule has 0 radical (unpaired) electrons. The minimum absolute atomic E-state index is 0.301. The van der Waals surface area contributed by atoms with Crippen LogP contribution in [-0.4, -0.2) is 10.1 Å². The lowest BCUT2D eigenvalue weighted by Crippen LogP contribution is -1.87. The summed E-state index contributed by atoms with van der Waals surface area (Å²) in [6.45, 7) is 0. The summed E-state index contributed by atoms with van der Waals surface area (Å²) in [7, 11) is 0. The standard InChI is InChI=1S/C19H13NO/c21-19-12-10-15(14-6-2-3-7-16(14)19)18-11-9-13-5-1-4-8-17(13)20-18/h1-12,21H. The van der Waals surface area contributed by atoms with Crippen LogP contribution in [-0.2, 0) is 0 Å². The first-order valence-electron chi connectivity index (χ1n) is 6.90. The van der Waals surface area contributed by atoms with Gasteiger partial charge in [0.25, 0.3) is 0 Å². The van der Waals surface area contributed by atoms with Crippen LogP contribution in [0.25, 0.3) is 32.9 Å². The lowest BCUT2D eigenvalue weighted by molar-refractivity contribution is 0.481. The number of phenolic OH excluding ortho intramolecular Hbond substituents is 1. The second-order valence-electron chi connectivity index (χ2n) is 5.07. The van der Waals surface area contributed by atoms with Crippen LogP contribution in [0.3, 0.4) is 0 Å². The third-order valence-electron chi connectivity index (χ3n) is 3.78. The summed E-state index contributed by atoms with van der Waals surface area (Å²) in [5, 5.41) is 13.0. The first-order valence-corrected chi connectivity index (χ1v) is 6.90. The Labute approximate surface area is 122 Å². The van der Waals surface area contributed by atoms with Crippen molar-refractivity contribution in [2.24, 2.45) is 0 Å². The molecule has 100 valence electrons. The quantitative estimate of drug-likeness (QED) is 0.541. The number of hydrogen-bond donors (Lipinski definition) is 1. The zero-order valence-electron chi connectivity index (χ0n) is 11.3. The van der Waals surface area contributed by atoms with Gasteiger partial charge in [-0.2, -0.15) is 0 Å². The van der Waals surface area contributed by atoms with E-state index in [2.05, 4.69) is 12.1 Å². The maximum atomic E-state index is 9.99. The monoisotopic (exact) mass is 271 g/mol. The third-order valence-corrected chi connectivity index (χ3v) is 3.78. The number of phenols is 1. The molecule has 2 nitrogen and oxygen atoms in total. The molecule has 1 heterocycles. The fourth-order valence-corrected chi connectivity index (χ4v) is 2.72. The molecule has 0 atom stereocenters. The van der Waals surface area contributed by atoms with Gasteiger partial charge in [0.2, 0.25) is 0 Å². The Bertz CT molecular complexity index is 960. The Morgan fingerprint density at radius 2 is 1.43 bits per heavy atom. The number of aromatic nitrogens is 1. The molecule has 0 bridgehead atoms. The summed E-state index contributed by atoms with van der Waals surface area (Å²) in [6.07, 6.45) is 0. The maximum Gasteiger partial charge on any atom is 0.123 e. The molecule has 0 saturated carbocycles. The van der Waals surface area contributed by atoms with Gasteiger partial charge in [-0.15, -0.1) is 0 Å². The van der Waals surface area contributed by atoms with Crippen LogP contribution in [0, 0.1) is 0 Å². The van der Waals surface area contributed by atoms with Crippen molar-refractivity contribution in [3.8, 4) is 17.0 Å². The molecule has 1 N–H and O–H groups in total. The molecule has 0 amide bonds. The zero-order chi connectivity index (χ0) is 14.2. The maximum absolute atomic E-state index is 9.99. The molecule has 4 aromatic rings. The largest absolute Gasteiger partial charge is 0.507 e. The number of fused-ring (bicyclic) bond motifs is 2. The van der Waals surface area contributed by atoms with Gasteiger partial charge in [-0.05, 0) is 29.7 Å². The summed E-state index contributed by atoms with van der Waals surface area (Å²) >= 11 is 0. The highest BCUT2D eigenvalue weighted by atomic mass is 16.3. The number of benzene rings is 3. The Balaban J connectivity index is 2.02. The van der Waals surface area contributed by atoms with Crippen molar-refractivity contribution in [1.29, 1.82) is 0 Å². The number of rotatable bonds is 1. The molecule has 0 fully saturated rings. The summed E-state index contributed by atoms with van der Waals surface area (Å²) in [4.78, 5) is 4.74. The van der Waals surface area contributed by atoms with Crippen molar-refractivity contribution in [1.82, 2.24) is 4.98 Å². The van der Waals surface area contributed by atoms with Gasteiger partial charge in [-0.1, -0.05) is 48.5 Å². The molecule has 4 rings (SSSR count). The van der Waals surface area contributed by atoms with Crippen molar-refractivity contribution in [3.05, 3.63) is 72.8 Å². The van der Waals surface area contributed by atoms with Crippen molar-refractivity contribution in [2.45, 2.75) is 0 Å². The van der Waals surface area contributed by atoms with Crippen LogP contribution in [0.15, 0.2) is 72.8 Å². The fourth-order valence-electron chi connectivity index (χ4n) is 2.72. The number of para-hydroxylation sites is 1. The second kappa shape index (κ2) is 4.60. The molecule has 2 heteroatoms. The SMILES string of the molecule is Oc1ccc(-c2ccc3ccccc3n2)c2ccccc12. The van der Waals surface area contributed by atoms with Crippen LogP contribution < -0.4 is 0 Å². The van der Waals surface area contributed by atoms with Gasteiger partial charge in [0.1, 0.15) is 5.75 Å². The van der Waals surface area contributed by atoms with E-state index in [0.29, 0.717) is 5.75 Å². The van der Waals surface area contributed by atoms with E-state index in [1.807, 2.05) is 54.6 Å². The van der Waals surface area contributed by atoms with E-state index in [9.17, 15) is 5.11 Å². The summed E-state index contributed by atoms with van der Waals surface area (Å²) in [6, 6.07) is 23.7. The zero-order valence-corrected chi connectivity index (χ0v) is 11.3. The minimum Gasteiger partial charge on any atom is -0.507 e. The Morgan fingerprint density at radius 1 is 0.667 bits per heavy atom. The number of nitrogens with zero attached hydrogens (tertiary/aromatic N) is 1. The van der Waals surface area contributed by atoms with Gasteiger partial charge < -0.3 is 5.11 Å². The number of pyridine rings is 1. The predicted molar refractivity (Wildman–Crippen MR) is 86.3 cm³/mol. The average molecular weight is 271 g/mol. The third kappa shape index (κ3) is 1.93. The fraction of sp³-hybridized carbons (Fsp3) is 0. The van der Waals surface area contributed by atoms with Crippen molar-refractivity contribution < 1.29 is 5.11 Å². The molecule has 0 saturated heterocycles. The summed E-state index contributed by atoms with van der Waals surface area (Å²) in [5.41, 5.74) is 2.94. The van der Waals surface area contributed by atoms with Crippen LogP contribution in [0.2, 0.25) is 0 Å². The van der Waals surface area contributed by atoms with Crippen molar-refractivity contribution in [3.63, 3.8) is 0 Å². The van der Waals surface area contributed by atoms with Gasteiger partial charge in [0.05, 0.1) is 11.2 Å². The minimum atomic E-state index is 0.301. The van der Waals surface area contributed by atoms with Gasteiger partial charge in [0.15, 0.2) is 0 Å². The Hall–Kier alpha value is -2.87. The molecule has 0 aliphatic heterocycles. The van der Waals surface area contributed by atoms with E-state index in [1.54, 1.807) is 6.07 Å². The lowest BCUT2D eigenvalue weighted by Gasteiger charge is -2.08. The smallest absolute Gasteiger partial charge is 0.123 e. The van der Waals surface area contributed by atoms with Crippen molar-refractivity contribution in [2.75, 3.05) is 0 Å². The van der Waals surface area contributed by atoms with Gasteiger partial charge in [-0.3, -0.25) is 0 Å². The van der Waals surface area contributed by atoms with Crippen LogP contribution >= 0.6 is 0 Å². The van der Waals surface area contributed by atoms with Crippen LogP contribution in [0.1, 0.15) is 0 Å². The van der Waals surface area contributed by atoms with E-state index < -0.39 is 0 Å². The van der Waals surface area contributed by atoms with Gasteiger partial charge >= 0.3 is 0 Å². The first kappa shape index (κ1) is 11.9. The molecule has 1 aromatic heterocycles. The summed E-state index contributed by atoms with van der Waals surface area (Å²) < 4.78 is 0. The highest BCUT2D eigenvalue weighted by molar-refractivity contribution is 6.00. The van der Waals surface area contributed by atoms with Gasteiger partial charge in [-0.25, -0.2) is 4.98 Å². The number of aromatic hydroxyl groups is 1. The molecule has 0 unspecified atom stereocenters. The molecule has 0 aliphatic carbocycles. The highest BCUT2D eigenvalue weighted by Crippen LogP contribution is 2.33. The van der Waals surface area contributed by atoms with Crippen LogP contribution in [0.4, 0.5) is 0 Å². The molecular weight excluding hydrogens is 258 g/mol. The predicted octanol–water partition coefficient (Wildman–Crippen LogP) is 4.76. The molecule has 21 heavy (non-hydrogen) atoms. The number of hydrogen-bond acceptors (Lipinski definition) is 2. The molecule has 0 spiro atoms. The normalized spacial score (nSPS) is 11.0. The Kier molecular flexibility index (Phi) is 2.61. The highest BCUT2D eigenvalue weighted by Gasteiger charge is 2.08. The van der Waals surface area contributed by atoms with Crippen molar-refractivity contribution >= 4 is 21.7 Å². The van der Waals surface area contributed by atoms with E-state index in [1.165, 1.54) is 0 Å². The lowest BCUT2D eigenvalue weighted by atomic mass is 10.0. The molecule has 0 aliphatic rings. The van der Waals surface area contributed by atoms with E-state index >= 15 is 0 Å².